The van der Waals surface area contributed by atoms with E-state index in [4.69, 9.17) is 23.2 Å². The molecule has 2 aromatic carbocycles. The first-order valence-corrected chi connectivity index (χ1v) is 10.1. The second-order valence-corrected chi connectivity index (χ2v) is 8.10. The molecule has 0 radical (unpaired) electrons. The normalized spacial score (nSPS) is 15.1. The van der Waals surface area contributed by atoms with E-state index in [9.17, 15) is 48.7 Å². The molecule has 1 amide bonds. The van der Waals surface area contributed by atoms with E-state index in [-0.39, 0.29) is 22.2 Å². The van der Waals surface area contributed by atoms with Crippen molar-refractivity contribution < 1.29 is 48.7 Å². The van der Waals surface area contributed by atoms with Crippen LogP contribution in [0.2, 0.25) is 10.0 Å². The van der Waals surface area contributed by atoms with Gasteiger partial charge in [0.2, 0.25) is 0 Å². The zero-order chi connectivity index (χ0) is 26.9. The van der Waals surface area contributed by atoms with E-state index in [0.29, 0.717) is 19.1 Å². The van der Waals surface area contributed by atoms with Crippen LogP contribution in [0, 0.1) is 0 Å². The fourth-order valence-corrected chi connectivity index (χ4v) is 3.40. The molecule has 0 aliphatic heterocycles. The molecule has 0 aromatic heterocycles. The van der Waals surface area contributed by atoms with E-state index in [1.807, 2.05) is 0 Å². The first-order chi connectivity index (χ1) is 15.8. The summed E-state index contributed by atoms with van der Waals surface area (Å²) in [7, 11) is 0. The van der Waals surface area contributed by atoms with Crippen molar-refractivity contribution in [1.82, 2.24) is 5.32 Å². The minimum absolute atomic E-state index is 0.0110. The molecule has 0 fully saturated rings. The largest absolute Gasteiger partial charge is 0.417 e. The molecule has 2 atom stereocenters. The van der Waals surface area contributed by atoms with E-state index in [0.717, 1.165) is 18.2 Å². The third-order valence-electron chi connectivity index (χ3n) is 4.59. The topological polar surface area (TPSA) is 29.1 Å². The Kier molecular flexibility index (Phi) is 8.43. The quantitative estimate of drug-likeness (QED) is 0.369. The predicted octanol–water partition coefficient (Wildman–Crippen LogP) is 8.35. The molecule has 0 aliphatic carbocycles. The monoisotopic (exact) mass is 555 g/mol. The molecule has 192 valence electrons. The van der Waals surface area contributed by atoms with Crippen molar-refractivity contribution in [2.45, 2.75) is 37.4 Å². The van der Waals surface area contributed by atoms with Gasteiger partial charge in [0, 0.05) is 15.6 Å². The molecule has 2 aromatic rings. The molecule has 0 spiro atoms. The minimum atomic E-state index is -5.35. The molecular formula is C21H13Cl2F10NO. The van der Waals surface area contributed by atoms with E-state index in [1.165, 1.54) is 5.32 Å². The maximum Gasteiger partial charge on any atom is 0.417 e. The number of rotatable bonds is 5. The maximum absolute atomic E-state index is 14.7. The van der Waals surface area contributed by atoms with Gasteiger partial charge in [-0.05, 0) is 48.9 Å². The van der Waals surface area contributed by atoms with Crippen molar-refractivity contribution in [3.63, 3.8) is 0 Å². The third kappa shape index (κ3) is 7.50. The van der Waals surface area contributed by atoms with Gasteiger partial charge in [0.15, 0.2) is 0 Å². The van der Waals surface area contributed by atoms with Crippen LogP contribution in [0.4, 0.5) is 43.9 Å². The second-order valence-electron chi connectivity index (χ2n) is 7.23. The minimum Gasteiger partial charge on any atom is -0.341 e. The van der Waals surface area contributed by atoms with E-state index >= 15 is 0 Å². The Morgan fingerprint density at radius 1 is 0.886 bits per heavy atom. The van der Waals surface area contributed by atoms with Crippen LogP contribution in [0.1, 0.15) is 39.9 Å². The van der Waals surface area contributed by atoms with Gasteiger partial charge < -0.3 is 5.32 Å². The number of halogens is 12. The summed E-state index contributed by atoms with van der Waals surface area (Å²) in [6.45, 7) is 0.487. The van der Waals surface area contributed by atoms with Crippen LogP contribution in [-0.2, 0) is 6.18 Å². The van der Waals surface area contributed by atoms with Crippen LogP contribution in [-0.4, -0.2) is 24.3 Å². The van der Waals surface area contributed by atoms with Crippen LogP contribution in [0.3, 0.4) is 0 Å². The smallest absolute Gasteiger partial charge is 0.341 e. The Morgan fingerprint density at radius 2 is 1.43 bits per heavy atom. The summed E-state index contributed by atoms with van der Waals surface area (Å²) < 4.78 is 134. The van der Waals surface area contributed by atoms with Crippen molar-refractivity contribution in [1.29, 1.82) is 0 Å². The average molecular weight is 556 g/mol. The number of nitrogens with one attached hydrogen (secondary N) is 1. The highest BCUT2D eigenvalue weighted by molar-refractivity contribution is 6.34. The van der Waals surface area contributed by atoms with Gasteiger partial charge in [0.05, 0.1) is 11.1 Å². The molecule has 1 unspecified atom stereocenters. The zero-order valence-corrected chi connectivity index (χ0v) is 18.7. The average Bonchev–Trinajstić information content (AvgIpc) is 2.68. The van der Waals surface area contributed by atoms with Crippen LogP contribution in [0.5, 0.6) is 0 Å². The third-order valence-corrected chi connectivity index (χ3v) is 5.03. The van der Waals surface area contributed by atoms with Gasteiger partial charge in [-0.25, -0.2) is 4.39 Å². The Hall–Kier alpha value is -2.47. The number of amides is 1. The maximum atomic E-state index is 14.7. The fourth-order valence-electron chi connectivity index (χ4n) is 2.86. The van der Waals surface area contributed by atoms with Crippen LogP contribution in [0.15, 0.2) is 42.5 Å². The molecule has 2 rings (SSSR count). The first-order valence-electron chi connectivity index (χ1n) is 9.30. The van der Waals surface area contributed by atoms with Gasteiger partial charge in [-0.2, -0.15) is 39.5 Å². The number of hydrogen-bond donors (Lipinski definition) is 1. The van der Waals surface area contributed by atoms with Gasteiger partial charge in [0.25, 0.3) is 5.91 Å². The van der Waals surface area contributed by atoms with Crippen molar-refractivity contribution in [2.24, 2.45) is 0 Å². The Morgan fingerprint density at radius 3 is 1.89 bits per heavy atom. The number of allylic oxidation sites excluding steroid dienone is 1. The van der Waals surface area contributed by atoms with E-state index in [2.05, 4.69) is 0 Å². The van der Waals surface area contributed by atoms with Gasteiger partial charge in [-0.1, -0.05) is 29.3 Å². The standard InChI is InChI=1S/C21H13Cl2F10NO/c1-9(19(25,26)27)34-18(35)14-3-2-10(6-16(14)21(31,32)33)17(24)8-15(20(28,29)30)11-4-12(22)7-13(23)5-11/h2-9,15H,1H3,(H,34,35)/b17-8-/t9-,15?/m1/s1. The molecule has 2 nitrogen and oxygen atoms in total. The Balaban J connectivity index is 2.55. The number of carbonyl (C=O) groups excluding carboxylic acids is 1. The lowest BCUT2D eigenvalue weighted by molar-refractivity contribution is -0.149. The lowest BCUT2D eigenvalue weighted by Crippen LogP contribution is -2.43. The van der Waals surface area contributed by atoms with Crippen LogP contribution >= 0.6 is 23.2 Å². The van der Waals surface area contributed by atoms with E-state index in [1.54, 1.807) is 0 Å². The van der Waals surface area contributed by atoms with Gasteiger partial charge >= 0.3 is 18.5 Å². The van der Waals surface area contributed by atoms with Gasteiger partial charge in [0.1, 0.15) is 17.8 Å². The SMILES string of the molecule is C[C@@H](NC(=O)c1ccc(/C(F)=C/C(c2cc(Cl)cc(Cl)c2)C(F)(F)F)cc1C(F)(F)F)C(F)(F)F. The molecule has 14 heteroatoms. The van der Waals surface area contributed by atoms with Gasteiger partial charge in [-0.3, -0.25) is 4.79 Å². The number of carbonyl (C=O) groups is 1. The zero-order valence-electron chi connectivity index (χ0n) is 17.1. The number of benzene rings is 2. The summed E-state index contributed by atoms with van der Waals surface area (Å²) in [6, 6.07) is 1.20. The first kappa shape index (κ1) is 28.8. The number of alkyl halides is 9. The van der Waals surface area contributed by atoms with E-state index < -0.39 is 64.5 Å². The molecule has 0 aliphatic rings. The molecule has 0 saturated heterocycles. The summed E-state index contributed by atoms with van der Waals surface area (Å²) in [6.07, 6.45) is -15.4. The lowest BCUT2D eigenvalue weighted by atomic mass is 9.95. The fraction of sp³-hybridized carbons (Fsp3) is 0.286. The molecule has 0 heterocycles. The van der Waals surface area contributed by atoms with Crippen LogP contribution < -0.4 is 5.32 Å². The summed E-state index contributed by atoms with van der Waals surface area (Å²) >= 11 is 11.4. The highest BCUT2D eigenvalue weighted by Gasteiger charge is 2.42. The number of hydrogen-bond acceptors (Lipinski definition) is 1. The molecular weight excluding hydrogens is 543 g/mol. The highest BCUT2D eigenvalue weighted by Crippen LogP contribution is 2.41. The summed E-state index contributed by atoms with van der Waals surface area (Å²) in [5, 5.41) is 0.916. The lowest BCUT2D eigenvalue weighted by Gasteiger charge is -2.20. The van der Waals surface area contributed by atoms with Crippen molar-refractivity contribution in [3.05, 3.63) is 74.8 Å². The predicted molar refractivity (Wildman–Crippen MR) is 109 cm³/mol. The van der Waals surface area contributed by atoms with Crippen molar-refractivity contribution in [2.75, 3.05) is 0 Å². The Bertz CT molecular complexity index is 1100. The van der Waals surface area contributed by atoms with Crippen molar-refractivity contribution >= 4 is 34.9 Å². The molecule has 0 bridgehead atoms. The summed E-state index contributed by atoms with van der Waals surface area (Å²) in [5.41, 5.74) is -4.72. The van der Waals surface area contributed by atoms with Crippen LogP contribution in [0.25, 0.3) is 5.83 Å². The summed E-state index contributed by atoms with van der Waals surface area (Å²) in [5.74, 6) is -6.17. The Labute approximate surface area is 201 Å². The molecule has 35 heavy (non-hydrogen) atoms. The summed E-state index contributed by atoms with van der Waals surface area (Å²) in [4.78, 5) is 12.0. The van der Waals surface area contributed by atoms with Gasteiger partial charge in [-0.15, -0.1) is 0 Å². The van der Waals surface area contributed by atoms with Crippen molar-refractivity contribution in [3.8, 4) is 0 Å². The molecule has 1 N–H and O–H groups in total. The molecule has 0 saturated carbocycles. The second kappa shape index (κ2) is 10.3. The highest BCUT2D eigenvalue weighted by atomic mass is 35.5.